The number of carbonyl (C=O) groups is 2. The highest BCUT2D eigenvalue weighted by molar-refractivity contribution is 8.04. The summed E-state index contributed by atoms with van der Waals surface area (Å²) in [6.45, 7) is 5.40. The highest BCUT2D eigenvalue weighted by atomic mass is 35.5. The van der Waals surface area contributed by atoms with E-state index >= 15 is 0 Å². The third kappa shape index (κ3) is 5.93. The van der Waals surface area contributed by atoms with Crippen molar-refractivity contribution in [1.29, 1.82) is 0 Å². The molecule has 2 aliphatic heterocycles. The van der Waals surface area contributed by atoms with Crippen LogP contribution in [0.1, 0.15) is 41.3 Å². The lowest BCUT2D eigenvalue weighted by molar-refractivity contribution is -0.114. The molecule has 0 radical (unpaired) electrons. The molecule has 0 spiro atoms. The Morgan fingerprint density at radius 2 is 1.92 bits per heavy atom. The summed E-state index contributed by atoms with van der Waals surface area (Å²) in [6, 6.07) is 23.4. The van der Waals surface area contributed by atoms with Crippen molar-refractivity contribution in [2.45, 2.75) is 37.2 Å². The van der Waals surface area contributed by atoms with Gasteiger partial charge in [0, 0.05) is 28.1 Å². The van der Waals surface area contributed by atoms with E-state index in [-0.39, 0.29) is 11.8 Å². The predicted octanol–water partition coefficient (Wildman–Crippen LogP) is 6.23. The second-order valence-corrected chi connectivity index (χ2v) is 10.9. The number of hydrogen-bond donors (Lipinski definition) is 1. The van der Waals surface area contributed by atoms with E-state index in [9.17, 15) is 9.59 Å². The van der Waals surface area contributed by atoms with Gasteiger partial charge in [-0.25, -0.2) is 0 Å². The van der Waals surface area contributed by atoms with Crippen molar-refractivity contribution in [2.75, 3.05) is 24.5 Å². The molecular weight excluding hydrogens is 502 g/mol. The fraction of sp³-hybridized carbons (Fsp3) is 0.267. The highest BCUT2D eigenvalue weighted by Crippen LogP contribution is 2.42. The van der Waals surface area contributed by atoms with Gasteiger partial charge in [0.2, 0.25) is 0 Å². The second-order valence-electron chi connectivity index (χ2n) is 9.36. The summed E-state index contributed by atoms with van der Waals surface area (Å²) < 4.78 is 0. The standard InChI is InChI=1S/C30H30ClN3O2S/c1-2-33-16-6-9-25(33)19-32-29(35)23-14-12-21(13-15-23)18-28-30(36)34(20-22-7-5-8-24(31)17-22)26-10-3-4-11-27(26)37-28/h3-5,7-8,10-15,17-18,25H,2,6,9,16,19-20H2,1H3,(H,32,35)/b28-18+/t25-/m0/s1. The van der Waals surface area contributed by atoms with E-state index in [1.54, 1.807) is 4.90 Å². The van der Waals surface area contributed by atoms with Crippen molar-refractivity contribution in [3.63, 3.8) is 0 Å². The molecule has 7 heteroatoms. The van der Waals surface area contributed by atoms with Gasteiger partial charge in [-0.15, -0.1) is 0 Å². The molecule has 2 heterocycles. The molecule has 5 nitrogen and oxygen atoms in total. The number of benzene rings is 3. The Kier molecular flexibility index (Phi) is 7.99. The average Bonchev–Trinajstić information content (AvgIpc) is 3.38. The molecule has 1 atom stereocenters. The van der Waals surface area contributed by atoms with Gasteiger partial charge in [0.1, 0.15) is 0 Å². The number of fused-ring (bicyclic) bond motifs is 1. The molecule has 37 heavy (non-hydrogen) atoms. The number of nitrogens with one attached hydrogen (secondary N) is 1. The lowest BCUT2D eigenvalue weighted by Gasteiger charge is -2.30. The average molecular weight is 532 g/mol. The van der Waals surface area contributed by atoms with Crippen molar-refractivity contribution in [3.8, 4) is 0 Å². The van der Waals surface area contributed by atoms with E-state index in [1.807, 2.05) is 78.9 Å². The summed E-state index contributed by atoms with van der Waals surface area (Å²) in [6.07, 6.45) is 4.21. The van der Waals surface area contributed by atoms with Crippen molar-refractivity contribution >= 4 is 46.9 Å². The third-order valence-electron chi connectivity index (χ3n) is 6.94. The maximum Gasteiger partial charge on any atom is 0.265 e. The van der Waals surface area contributed by atoms with Gasteiger partial charge in [-0.05, 0) is 79.5 Å². The summed E-state index contributed by atoms with van der Waals surface area (Å²) in [7, 11) is 0. The van der Waals surface area contributed by atoms with Crippen LogP contribution in [0.2, 0.25) is 5.02 Å². The number of thioether (sulfide) groups is 1. The van der Waals surface area contributed by atoms with E-state index in [2.05, 4.69) is 17.1 Å². The number of rotatable bonds is 7. The number of amides is 2. The van der Waals surface area contributed by atoms with Crippen molar-refractivity contribution < 1.29 is 9.59 Å². The van der Waals surface area contributed by atoms with Crippen LogP contribution in [0.5, 0.6) is 0 Å². The normalized spacial score (nSPS) is 18.8. The molecule has 2 amide bonds. The zero-order valence-electron chi connectivity index (χ0n) is 20.8. The summed E-state index contributed by atoms with van der Waals surface area (Å²) in [4.78, 5) is 32.1. The quantitative estimate of drug-likeness (QED) is 0.367. The first kappa shape index (κ1) is 25.6. The minimum absolute atomic E-state index is 0.0532. The van der Waals surface area contributed by atoms with E-state index in [0.717, 1.165) is 41.2 Å². The van der Waals surface area contributed by atoms with E-state index in [4.69, 9.17) is 11.6 Å². The molecule has 2 aliphatic rings. The lowest BCUT2D eigenvalue weighted by atomic mass is 10.1. The molecule has 5 rings (SSSR count). The number of hydrogen-bond acceptors (Lipinski definition) is 4. The number of likely N-dealkylation sites (tertiary alicyclic amines) is 1. The highest BCUT2D eigenvalue weighted by Gasteiger charge is 2.29. The summed E-state index contributed by atoms with van der Waals surface area (Å²) in [5.41, 5.74) is 3.36. The Labute approximate surface area is 227 Å². The first-order valence-electron chi connectivity index (χ1n) is 12.7. The Balaban J connectivity index is 1.31. The molecule has 1 saturated heterocycles. The van der Waals surface area contributed by atoms with Gasteiger partial charge in [-0.2, -0.15) is 0 Å². The molecule has 1 fully saturated rings. The monoisotopic (exact) mass is 531 g/mol. The van der Waals surface area contributed by atoms with E-state index < -0.39 is 0 Å². The molecule has 0 aromatic heterocycles. The number of anilines is 1. The van der Waals surface area contributed by atoms with Gasteiger partial charge in [0.05, 0.1) is 17.1 Å². The lowest BCUT2D eigenvalue weighted by Crippen LogP contribution is -2.40. The number of carbonyl (C=O) groups excluding carboxylic acids is 2. The Morgan fingerprint density at radius 3 is 2.70 bits per heavy atom. The molecule has 0 bridgehead atoms. The largest absolute Gasteiger partial charge is 0.350 e. The van der Waals surface area contributed by atoms with Crippen LogP contribution in [0.15, 0.2) is 82.6 Å². The number of halogens is 1. The van der Waals surface area contributed by atoms with Crippen LogP contribution in [0, 0.1) is 0 Å². The minimum Gasteiger partial charge on any atom is -0.350 e. The number of para-hydroxylation sites is 1. The fourth-order valence-corrected chi connectivity index (χ4v) is 6.25. The molecule has 190 valence electrons. The number of nitrogens with zero attached hydrogens (tertiary/aromatic N) is 2. The van der Waals surface area contributed by atoms with Gasteiger partial charge in [-0.1, -0.05) is 66.7 Å². The smallest absolute Gasteiger partial charge is 0.265 e. The van der Waals surface area contributed by atoms with Gasteiger partial charge < -0.3 is 10.2 Å². The molecule has 0 aliphatic carbocycles. The van der Waals surface area contributed by atoms with Crippen LogP contribution >= 0.6 is 23.4 Å². The first-order chi connectivity index (χ1) is 18.0. The Hall–Kier alpha value is -3.06. The fourth-order valence-electron chi connectivity index (χ4n) is 4.97. The Bertz CT molecular complexity index is 1320. The van der Waals surface area contributed by atoms with Gasteiger partial charge in [0.25, 0.3) is 11.8 Å². The van der Waals surface area contributed by atoms with Crippen molar-refractivity contribution in [3.05, 3.63) is 99.4 Å². The zero-order valence-corrected chi connectivity index (χ0v) is 22.4. The van der Waals surface area contributed by atoms with Crippen LogP contribution < -0.4 is 10.2 Å². The second kappa shape index (κ2) is 11.5. The zero-order chi connectivity index (χ0) is 25.8. The van der Waals surface area contributed by atoms with E-state index in [1.165, 1.54) is 18.2 Å². The number of likely N-dealkylation sites (N-methyl/N-ethyl adjacent to an activating group) is 1. The van der Waals surface area contributed by atoms with Crippen molar-refractivity contribution in [1.82, 2.24) is 10.2 Å². The maximum absolute atomic E-state index is 13.6. The van der Waals surface area contributed by atoms with Crippen LogP contribution in [0.25, 0.3) is 6.08 Å². The molecule has 0 unspecified atom stereocenters. The maximum atomic E-state index is 13.6. The van der Waals surface area contributed by atoms with Crippen LogP contribution in [-0.2, 0) is 11.3 Å². The third-order valence-corrected chi connectivity index (χ3v) is 8.25. The molecule has 0 saturated carbocycles. The summed E-state index contributed by atoms with van der Waals surface area (Å²) in [5.74, 6) is -0.116. The van der Waals surface area contributed by atoms with Gasteiger partial charge in [0.15, 0.2) is 0 Å². The van der Waals surface area contributed by atoms with Crippen LogP contribution in [-0.4, -0.2) is 42.4 Å². The van der Waals surface area contributed by atoms with Crippen molar-refractivity contribution in [2.24, 2.45) is 0 Å². The summed E-state index contributed by atoms with van der Waals surface area (Å²) >= 11 is 7.66. The van der Waals surface area contributed by atoms with Gasteiger partial charge in [-0.3, -0.25) is 14.5 Å². The minimum atomic E-state index is -0.0631. The molecule has 3 aromatic carbocycles. The molecule has 3 aromatic rings. The summed E-state index contributed by atoms with van der Waals surface area (Å²) in [5, 5.41) is 3.74. The SMILES string of the molecule is CCN1CCC[C@H]1CNC(=O)c1ccc(/C=C2/Sc3ccccc3N(Cc3cccc(Cl)c3)C2=O)cc1. The first-order valence-corrected chi connectivity index (χ1v) is 13.9. The topological polar surface area (TPSA) is 52.7 Å². The van der Waals surface area contributed by atoms with Crippen LogP contribution in [0.3, 0.4) is 0 Å². The molecular formula is C30H30ClN3O2S. The van der Waals surface area contributed by atoms with E-state index in [0.29, 0.717) is 34.6 Å². The van der Waals surface area contributed by atoms with Gasteiger partial charge >= 0.3 is 0 Å². The van der Waals surface area contributed by atoms with Crippen LogP contribution in [0.4, 0.5) is 5.69 Å². The Morgan fingerprint density at radius 1 is 1.11 bits per heavy atom. The predicted molar refractivity (Wildman–Crippen MR) is 152 cm³/mol. The molecule has 1 N–H and O–H groups in total.